The number of nitrogens with zero attached hydrogens (tertiary/aromatic N) is 3. The molecule has 1 saturated carbocycles. The van der Waals surface area contributed by atoms with E-state index >= 15 is 0 Å². The summed E-state index contributed by atoms with van der Waals surface area (Å²) in [5.74, 6) is -1.71. The molecule has 3 heterocycles. The summed E-state index contributed by atoms with van der Waals surface area (Å²) in [6, 6.07) is 12.2. The van der Waals surface area contributed by atoms with E-state index in [4.69, 9.17) is 4.74 Å². The van der Waals surface area contributed by atoms with Gasteiger partial charge in [0.25, 0.3) is 5.56 Å². The Morgan fingerprint density at radius 2 is 1.73 bits per heavy atom. The van der Waals surface area contributed by atoms with Gasteiger partial charge in [-0.05, 0) is 54.9 Å². The van der Waals surface area contributed by atoms with Crippen molar-refractivity contribution in [3.63, 3.8) is 0 Å². The molecule has 2 bridgehead atoms. The highest BCUT2D eigenvalue weighted by atomic mass is 32.2. The Balaban J connectivity index is 1.37. The van der Waals surface area contributed by atoms with Crippen LogP contribution in [0.4, 0.5) is 0 Å². The monoisotopic (exact) mass is 580 g/mol. The van der Waals surface area contributed by atoms with Crippen molar-refractivity contribution in [1.29, 1.82) is 0 Å². The summed E-state index contributed by atoms with van der Waals surface area (Å²) >= 11 is 0. The quantitative estimate of drug-likeness (QED) is 0.392. The predicted octanol–water partition coefficient (Wildman–Crippen LogP) is 2.20. The third kappa shape index (κ3) is 5.49. The summed E-state index contributed by atoms with van der Waals surface area (Å²) in [7, 11) is -0.987. The van der Waals surface area contributed by atoms with Gasteiger partial charge in [0.1, 0.15) is 12.1 Å². The molecule has 0 spiro atoms. The molecule has 2 aliphatic heterocycles. The largest absolute Gasteiger partial charge is 0.494 e. The third-order valence-corrected chi connectivity index (χ3v) is 9.98. The lowest BCUT2D eigenvalue weighted by atomic mass is 9.76. The summed E-state index contributed by atoms with van der Waals surface area (Å²) in [6.07, 6.45) is 4.17. The van der Waals surface area contributed by atoms with Gasteiger partial charge in [0.2, 0.25) is 15.9 Å². The molecule has 1 aliphatic carbocycles. The number of benzene rings is 2. The Morgan fingerprint density at radius 3 is 2.34 bits per heavy atom. The molecular formula is C29H32N4O7S. The van der Waals surface area contributed by atoms with E-state index in [1.54, 1.807) is 42.5 Å². The van der Waals surface area contributed by atoms with Gasteiger partial charge in [-0.3, -0.25) is 9.59 Å². The van der Waals surface area contributed by atoms with E-state index in [-0.39, 0.29) is 28.8 Å². The normalized spacial score (nSPS) is 21.3. The number of carboxylic acid groups (broad SMARTS) is 1. The van der Waals surface area contributed by atoms with Gasteiger partial charge in [0.15, 0.2) is 5.75 Å². The minimum Gasteiger partial charge on any atom is -0.494 e. The number of carbonyl (C=O) groups excluding carboxylic acids is 1. The second-order valence-corrected chi connectivity index (χ2v) is 12.3. The summed E-state index contributed by atoms with van der Waals surface area (Å²) in [6.45, 7) is 0. The number of piperidine rings is 2. The molecule has 3 aliphatic rings. The van der Waals surface area contributed by atoms with Crippen LogP contribution in [0.3, 0.4) is 0 Å². The molecule has 3 fully saturated rings. The molecule has 11 nitrogen and oxygen atoms in total. The number of aromatic nitrogens is 2. The van der Waals surface area contributed by atoms with E-state index in [0.29, 0.717) is 48.1 Å². The van der Waals surface area contributed by atoms with Gasteiger partial charge in [-0.25, -0.2) is 17.9 Å². The van der Waals surface area contributed by atoms with Crippen molar-refractivity contribution in [1.82, 2.24) is 19.4 Å². The van der Waals surface area contributed by atoms with Gasteiger partial charge >= 0.3 is 5.97 Å². The van der Waals surface area contributed by atoms with Gasteiger partial charge in [0.05, 0.1) is 23.8 Å². The molecule has 2 saturated heterocycles. The third-order valence-electron chi connectivity index (χ3n) is 8.03. The fraction of sp³-hybridized carbons (Fsp3) is 0.379. The highest BCUT2D eigenvalue weighted by Gasteiger charge is 2.51. The molecule has 2 N–H and O–H groups in total. The van der Waals surface area contributed by atoms with Crippen molar-refractivity contribution in [2.24, 2.45) is 13.0 Å². The molecule has 41 heavy (non-hydrogen) atoms. The van der Waals surface area contributed by atoms with E-state index in [1.165, 1.54) is 41.5 Å². The van der Waals surface area contributed by atoms with Gasteiger partial charge in [0, 0.05) is 19.5 Å². The minimum absolute atomic E-state index is 0.0287. The first-order valence-electron chi connectivity index (χ1n) is 13.4. The number of fused-ring (bicyclic) bond motifs is 3. The fourth-order valence-corrected chi connectivity index (χ4v) is 7.86. The number of aryl methyl sites for hydroxylation is 1. The molecular weight excluding hydrogens is 548 g/mol. The first-order valence-corrected chi connectivity index (χ1v) is 14.9. The van der Waals surface area contributed by atoms with Crippen molar-refractivity contribution in [3.8, 4) is 16.9 Å². The van der Waals surface area contributed by atoms with Crippen LogP contribution in [0.25, 0.3) is 11.1 Å². The first-order chi connectivity index (χ1) is 19.6. The Labute approximate surface area is 237 Å². The Hall–Kier alpha value is -4.03. The SMILES string of the molecule is COc1cnn(C)c(=O)c1-c1ccc(C[C@H](NC(=O)[C@@H]2C3CCC(CC3)N2S(=O)(=O)c2ccccc2)C(=O)O)cc1. The highest BCUT2D eigenvalue weighted by molar-refractivity contribution is 7.89. The summed E-state index contributed by atoms with van der Waals surface area (Å²) in [4.78, 5) is 38.6. The lowest BCUT2D eigenvalue weighted by Crippen LogP contribution is -2.63. The second kappa shape index (κ2) is 11.5. The topological polar surface area (TPSA) is 148 Å². The van der Waals surface area contributed by atoms with E-state index in [1.807, 2.05) is 0 Å². The number of rotatable bonds is 9. The maximum absolute atomic E-state index is 13.6. The minimum atomic E-state index is -3.96. The van der Waals surface area contributed by atoms with Crippen molar-refractivity contribution in [3.05, 3.63) is 76.7 Å². The smallest absolute Gasteiger partial charge is 0.326 e. The Bertz CT molecular complexity index is 1600. The number of sulfonamides is 1. The summed E-state index contributed by atoms with van der Waals surface area (Å²) in [5.41, 5.74) is 1.17. The van der Waals surface area contributed by atoms with Gasteiger partial charge in [-0.15, -0.1) is 0 Å². The maximum atomic E-state index is 13.6. The molecule has 216 valence electrons. The number of aliphatic carboxylic acids is 1. The molecule has 0 unspecified atom stereocenters. The van der Waals surface area contributed by atoms with Crippen LogP contribution in [0.1, 0.15) is 31.2 Å². The van der Waals surface area contributed by atoms with Gasteiger partial charge < -0.3 is 15.2 Å². The number of hydrogen-bond donors (Lipinski definition) is 2. The zero-order chi connectivity index (χ0) is 29.3. The number of carboxylic acids is 1. The lowest BCUT2D eigenvalue weighted by Gasteiger charge is -2.49. The Kier molecular flexibility index (Phi) is 7.96. The molecule has 0 radical (unpaired) electrons. The number of hydrogen-bond acceptors (Lipinski definition) is 7. The van der Waals surface area contributed by atoms with Crippen molar-refractivity contribution >= 4 is 21.9 Å². The van der Waals surface area contributed by atoms with Crippen LogP contribution in [0, 0.1) is 5.92 Å². The van der Waals surface area contributed by atoms with Crippen LogP contribution in [-0.4, -0.2) is 64.7 Å². The number of ether oxygens (including phenoxy) is 1. The molecule has 2 aromatic carbocycles. The zero-order valence-electron chi connectivity index (χ0n) is 22.8. The summed E-state index contributed by atoms with van der Waals surface area (Å²) < 4.78 is 35.1. The number of methoxy groups -OCH3 is 1. The van der Waals surface area contributed by atoms with Crippen LogP contribution in [0.15, 0.2) is 70.5 Å². The van der Waals surface area contributed by atoms with Crippen molar-refractivity contribution < 1.29 is 27.9 Å². The highest BCUT2D eigenvalue weighted by Crippen LogP contribution is 2.42. The Morgan fingerprint density at radius 1 is 1.07 bits per heavy atom. The van der Waals surface area contributed by atoms with E-state index in [9.17, 15) is 27.9 Å². The van der Waals surface area contributed by atoms with Gasteiger partial charge in [-0.1, -0.05) is 42.5 Å². The zero-order valence-corrected chi connectivity index (χ0v) is 23.6. The fourth-order valence-electron chi connectivity index (χ4n) is 5.94. The van der Waals surface area contributed by atoms with E-state index in [0.717, 1.165) is 0 Å². The molecule has 12 heteroatoms. The number of amides is 1. The molecule has 6 rings (SSSR count). The molecule has 3 aromatic rings. The number of nitrogens with one attached hydrogen (secondary N) is 1. The summed E-state index contributed by atoms with van der Waals surface area (Å²) in [5, 5.41) is 16.6. The van der Waals surface area contributed by atoms with Crippen LogP contribution < -0.4 is 15.6 Å². The molecule has 1 amide bonds. The maximum Gasteiger partial charge on any atom is 0.326 e. The second-order valence-electron chi connectivity index (χ2n) is 10.5. The van der Waals surface area contributed by atoms with Crippen molar-refractivity contribution in [2.75, 3.05) is 7.11 Å². The van der Waals surface area contributed by atoms with Crippen LogP contribution in [0.2, 0.25) is 0 Å². The van der Waals surface area contributed by atoms with E-state index in [2.05, 4.69) is 10.4 Å². The lowest BCUT2D eigenvalue weighted by molar-refractivity contribution is -0.143. The van der Waals surface area contributed by atoms with Gasteiger partial charge in [-0.2, -0.15) is 9.40 Å². The van der Waals surface area contributed by atoms with Crippen molar-refractivity contribution in [2.45, 2.75) is 55.1 Å². The van der Waals surface area contributed by atoms with Crippen LogP contribution >= 0.6 is 0 Å². The van der Waals surface area contributed by atoms with E-state index < -0.39 is 34.0 Å². The average Bonchev–Trinajstić information content (AvgIpc) is 2.99. The van der Waals surface area contributed by atoms with Crippen LogP contribution in [-0.2, 0) is 33.1 Å². The molecule has 2 atom stereocenters. The van der Waals surface area contributed by atoms with Crippen LogP contribution in [0.5, 0.6) is 5.75 Å². The first kappa shape index (κ1) is 28.5. The standard InChI is InChI=1S/C29H32N4O7S/c1-32-28(35)25(24(40-2)17-30-32)19-10-8-18(9-11-19)16-23(29(36)37)31-27(34)26-20-12-14-21(15-13-20)33(26)41(38,39)22-6-4-3-5-7-22/h3-11,17,20-21,23,26H,12-16H2,1-2H3,(H,31,34)(H,36,37)/t20?,21?,23-,26-/m0/s1. The predicted molar refractivity (Wildman–Crippen MR) is 150 cm³/mol. The number of carbonyl (C=O) groups is 2. The average molecular weight is 581 g/mol. The molecule has 1 aromatic heterocycles.